The van der Waals surface area contributed by atoms with Gasteiger partial charge in [0.1, 0.15) is 16.7 Å². The van der Waals surface area contributed by atoms with Crippen molar-refractivity contribution in [2.24, 2.45) is 0 Å². The molecule has 0 atom stereocenters. The van der Waals surface area contributed by atoms with Crippen molar-refractivity contribution in [3.05, 3.63) is 150 Å². The van der Waals surface area contributed by atoms with Crippen molar-refractivity contribution in [2.45, 2.75) is 78.6 Å². The van der Waals surface area contributed by atoms with E-state index < -0.39 is 0 Å². The summed E-state index contributed by atoms with van der Waals surface area (Å²) < 4.78 is 14.1. The van der Waals surface area contributed by atoms with Crippen LogP contribution in [0, 0.1) is 0 Å². The lowest BCUT2D eigenvalue weighted by Crippen LogP contribution is -2.61. The molecule has 2 aliphatic rings. The van der Waals surface area contributed by atoms with Gasteiger partial charge in [-0.2, -0.15) is 0 Å². The molecule has 0 bridgehead atoms. The Morgan fingerprint density at radius 1 is 0.458 bits per heavy atom. The van der Waals surface area contributed by atoms with Gasteiger partial charge in [0.2, 0.25) is 0 Å². The van der Waals surface area contributed by atoms with E-state index in [4.69, 9.17) is 8.83 Å². The van der Waals surface area contributed by atoms with Gasteiger partial charge in [-0.05, 0) is 98.5 Å². The third kappa shape index (κ3) is 5.29. The number of para-hydroxylation sites is 2. The van der Waals surface area contributed by atoms with E-state index in [2.05, 4.69) is 205 Å². The molecule has 0 amide bonds. The molecule has 7 aromatic carbocycles. The van der Waals surface area contributed by atoms with Crippen molar-refractivity contribution in [3.8, 4) is 11.1 Å². The summed E-state index contributed by atoms with van der Waals surface area (Å²) in [5.41, 5.74) is 17.8. The lowest BCUT2D eigenvalue weighted by Gasteiger charge is -2.46. The maximum atomic E-state index is 7.04. The Morgan fingerprint density at radius 2 is 1.00 bits per heavy atom. The number of rotatable bonds is 2. The molecule has 59 heavy (non-hydrogen) atoms. The highest BCUT2D eigenvalue weighted by molar-refractivity contribution is 6.94. The van der Waals surface area contributed by atoms with Crippen LogP contribution in [-0.2, 0) is 16.2 Å². The molecule has 0 aliphatic carbocycles. The third-order valence-electron chi connectivity index (χ3n) is 12.9. The van der Waals surface area contributed by atoms with E-state index in [1.54, 1.807) is 0 Å². The van der Waals surface area contributed by atoms with Gasteiger partial charge >= 0.3 is 6.85 Å². The zero-order valence-electron chi connectivity index (χ0n) is 35.5. The summed E-state index contributed by atoms with van der Waals surface area (Å²) in [5.74, 6) is 0. The maximum absolute atomic E-state index is 7.04. The summed E-state index contributed by atoms with van der Waals surface area (Å²) in [6.45, 7) is 20.4. The van der Waals surface area contributed by atoms with Gasteiger partial charge in [-0.3, -0.25) is 0 Å². The zero-order chi connectivity index (χ0) is 40.7. The van der Waals surface area contributed by atoms with E-state index in [-0.39, 0.29) is 23.1 Å². The van der Waals surface area contributed by atoms with E-state index in [1.165, 1.54) is 33.3 Å². The first-order valence-electron chi connectivity index (χ1n) is 21.0. The molecule has 0 N–H and O–H groups in total. The van der Waals surface area contributed by atoms with Gasteiger partial charge in [0.25, 0.3) is 0 Å². The summed E-state index contributed by atoms with van der Waals surface area (Å²) in [7, 11) is 0. The number of benzene rings is 7. The minimum Gasteiger partial charge on any atom is -0.455 e. The highest BCUT2D eigenvalue weighted by Gasteiger charge is 2.48. The number of hydrogen-bond donors (Lipinski definition) is 0. The van der Waals surface area contributed by atoms with Crippen LogP contribution in [0.2, 0.25) is 0 Å². The summed E-state index contributed by atoms with van der Waals surface area (Å²) in [6, 6.07) is 49.6. The van der Waals surface area contributed by atoms with Crippen LogP contribution in [0.4, 0.5) is 28.4 Å². The molecule has 4 nitrogen and oxygen atoms in total. The Labute approximate surface area is 347 Å². The second kappa shape index (κ2) is 12.2. The van der Waals surface area contributed by atoms with Crippen molar-refractivity contribution in [1.29, 1.82) is 0 Å². The summed E-state index contributed by atoms with van der Waals surface area (Å²) in [5, 5.41) is 4.45. The highest BCUT2D eigenvalue weighted by atomic mass is 16.3. The molecule has 290 valence electrons. The first-order valence-corrected chi connectivity index (χ1v) is 21.0. The number of nitrogens with zero attached hydrogens (tertiary/aromatic N) is 2. The van der Waals surface area contributed by atoms with Gasteiger partial charge in [-0.15, -0.1) is 0 Å². The number of fused-ring (bicyclic) bond motifs is 12. The lowest BCUT2D eigenvalue weighted by molar-refractivity contribution is 0.590. The molecule has 2 aromatic heterocycles. The molecule has 2 aliphatic heterocycles. The molecule has 0 saturated heterocycles. The average molecular weight is 769 g/mol. The second-order valence-corrected chi connectivity index (χ2v) is 19.8. The Bertz CT molecular complexity index is 3170. The smallest absolute Gasteiger partial charge is 0.333 e. The Morgan fingerprint density at radius 3 is 1.61 bits per heavy atom. The van der Waals surface area contributed by atoms with Crippen LogP contribution in [0.25, 0.3) is 55.0 Å². The molecule has 4 heterocycles. The number of furan rings is 2. The van der Waals surface area contributed by atoms with E-state index in [9.17, 15) is 0 Å². The van der Waals surface area contributed by atoms with E-state index >= 15 is 0 Å². The Kier molecular flexibility index (Phi) is 7.41. The predicted molar refractivity (Wildman–Crippen MR) is 251 cm³/mol. The monoisotopic (exact) mass is 768 g/mol. The van der Waals surface area contributed by atoms with Crippen molar-refractivity contribution < 1.29 is 8.83 Å². The van der Waals surface area contributed by atoms with Gasteiger partial charge in [0.05, 0.1) is 5.69 Å². The van der Waals surface area contributed by atoms with Crippen molar-refractivity contribution >= 4 is 90.1 Å². The molecular weight excluding hydrogens is 719 g/mol. The van der Waals surface area contributed by atoms with E-state index in [0.717, 1.165) is 77.8 Å². The molecule has 9 aromatic rings. The minimum absolute atomic E-state index is 0.0130. The van der Waals surface area contributed by atoms with Gasteiger partial charge in [-0.1, -0.05) is 141 Å². The molecule has 0 spiro atoms. The van der Waals surface area contributed by atoms with Crippen LogP contribution in [0.15, 0.2) is 142 Å². The van der Waals surface area contributed by atoms with Gasteiger partial charge in [0, 0.05) is 55.4 Å². The molecule has 0 unspecified atom stereocenters. The minimum atomic E-state index is -0.202. The normalized spacial score (nSPS) is 14.1. The first-order chi connectivity index (χ1) is 28.2. The van der Waals surface area contributed by atoms with E-state index in [1.807, 2.05) is 0 Å². The fourth-order valence-corrected chi connectivity index (χ4v) is 9.72. The van der Waals surface area contributed by atoms with Crippen LogP contribution in [0.1, 0.15) is 79.0 Å². The van der Waals surface area contributed by atoms with Crippen LogP contribution in [0.5, 0.6) is 0 Å². The van der Waals surface area contributed by atoms with Crippen molar-refractivity contribution in [1.82, 2.24) is 0 Å². The van der Waals surface area contributed by atoms with Crippen LogP contribution >= 0.6 is 0 Å². The van der Waals surface area contributed by atoms with Crippen LogP contribution in [-0.4, -0.2) is 6.85 Å². The largest absolute Gasteiger partial charge is 0.455 e. The summed E-state index contributed by atoms with van der Waals surface area (Å²) >= 11 is 0. The fraction of sp³-hybridized carbons (Fsp3) is 0.222. The van der Waals surface area contributed by atoms with Gasteiger partial charge in [0.15, 0.2) is 5.58 Å². The number of hydrogen-bond acceptors (Lipinski definition) is 4. The number of anilines is 5. The molecule has 0 saturated carbocycles. The van der Waals surface area contributed by atoms with Gasteiger partial charge in [-0.25, -0.2) is 0 Å². The van der Waals surface area contributed by atoms with Crippen molar-refractivity contribution in [2.75, 3.05) is 9.71 Å². The summed E-state index contributed by atoms with van der Waals surface area (Å²) in [6.07, 6.45) is 0. The zero-order valence-corrected chi connectivity index (χ0v) is 35.5. The Balaban J connectivity index is 1.32. The SMILES string of the molecule is CC(C)(C)c1ccc(N2B3c4cc(C(C)(C)C)ccc4N(c4ccc(C(C)(C)C)cc4)c4cc5c(oc6ccccc65)c(c43)-c3ccc4c(oc5ccccc54)c32)cc1. The average Bonchev–Trinajstić information content (AvgIpc) is 3.78. The van der Waals surface area contributed by atoms with E-state index in [0.29, 0.717) is 0 Å². The van der Waals surface area contributed by atoms with Crippen molar-refractivity contribution in [3.63, 3.8) is 0 Å². The Hall–Kier alpha value is -6.20. The molecule has 11 rings (SSSR count). The van der Waals surface area contributed by atoms with Gasteiger partial charge < -0.3 is 18.5 Å². The van der Waals surface area contributed by atoms with Crippen LogP contribution in [0.3, 0.4) is 0 Å². The molecule has 0 radical (unpaired) electrons. The topological polar surface area (TPSA) is 32.8 Å². The van der Waals surface area contributed by atoms with Crippen LogP contribution < -0.4 is 20.6 Å². The maximum Gasteiger partial charge on any atom is 0.333 e. The predicted octanol–water partition coefficient (Wildman–Crippen LogP) is 14.1. The standard InChI is InChI=1S/C54H49BN2O2/c1-52(2,3)32-18-23-35(24-19-32)56-43-29-22-34(54(7,8)9)30-42(43)55-48-44(56)31-41-38-15-11-13-17-46(38)58-50(41)47(48)40-28-27-39-37-14-10-12-16-45(37)59-51(39)49(40)57(55)36-25-20-33(21-26-36)53(4,5)6/h10-31H,1-9H3. The fourth-order valence-electron chi connectivity index (χ4n) is 9.72. The molecule has 5 heteroatoms. The third-order valence-corrected chi connectivity index (χ3v) is 12.9. The molecular formula is C54H49BN2O2. The highest BCUT2D eigenvalue weighted by Crippen LogP contribution is 2.53. The molecule has 0 fully saturated rings. The lowest BCUT2D eigenvalue weighted by atomic mass is 9.43. The second-order valence-electron chi connectivity index (χ2n) is 19.8. The quantitative estimate of drug-likeness (QED) is 0.164. The summed E-state index contributed by atoms with van der Waals surface area (Å²) in [4.78, 5) is 5.09. The first kappa shape index (κ1) is 35.9.